The van der Waals surface area contributed by atoms with Crippen LogP contribution in [0.5, 0.6) is 0 Å². The molecule has 0 fully saturated rings. The molecule has 0 aliphatic carbocycles. The van der Waals surface area contributed by atoms with Crippen LogP contribution in [-0.4, -0.2) is 12.5 Å². The molecule has 1 amide bonds. The Bertz CT molecular complexity index is 629. The van der Waals surface area contributed by atoms with Crippen molar-refractivity contribution in [2.75, 3.05) is 17.2 Å². The van der Waals surface area contributed by atoms with Gasteiger partial charge in [-0.15, -0.1) is 0 Å². The minimum Gasteiger partial charge on any atom is -0.374 e. The minimum absolute atomic E-state index is 0.0892. The molecule has 2 aromatic rings. The second kappa shape index (κ2) is 6.14. The summed E-state index contributed by atoms with van der Waals surface area (Å²) in [5, 5.41) is 5.34. The molecule has 0 saturated heterocycles. The first-order chi connectivity index (χ1) is 9.56. The van der Waals surface area contributed by atoms with Gasteiger partial charge in [0, 0.05) is 11.8 Å². The molecular formula is C15H14F2N2O. The topological polar surface area (TPSA) is 41.1 Å². The Labute approximate surface area is 115 Å². The lowest BCUT2D eigenvalue weighted by Gasteiger charge is -2.10. The van der Waals surface area contributed by atoms with Crippen LogP contribution in [0.2, 0.25) is 0 Å². The third kappa shape index (κ3) is 3.54. The highest BCUT2D eigenvalue weighted by atomic mass is 19.1. The summed E-state index contributed by atoms with van der Waals surface area (Å²) in [6.07, 6.45) is 0. The molecule has 0 radical (unpaired) electrons. The molecule has 104 valence electrons. The number of anilines is 2. The van der Waals surface area contributed by atoms with E-state index in [1.807, 2.05) is 25.1 Å². The number of benzene rings is 2. The first-order valence-corrected chi connectivity index (χ1v) is 6.10. The normalized spacial score (nSPS) is 10.2. The number of hydrogen-bond donors (Lipinski definition) is 2. The predicted molar refractivity (Wildman–Crippen MR) is 74.7 cm³/mol. The van der Waals surface area contributed by atoms with E-state index >= 15 is 0 Å². The second-order valence-electron chi connectivity index (χ2n) is 4.34. The van der Waals surface area contributed by atoms with Crippen LogP contribution >= 0.6 is 0 Å². The van der Waals surface area contributed by atoms with Gasteiger partial charge in [-0.05, 0) is 30.7 Å². The minimum atomic E-state index is -0.728. The molecule has 0 heterocycles. The molecule has 2 N–H and O–H groups in total. The number of halogens is 2. The maximum absolute atomic E-state index is 13.4. The molecule has 0 aliphatic heterocycles. The summed E-state index contributed by atoms with van der Waals surface area (Å²) in [4.78, 5) is 11.7. The molecule has 3 nitrogen and oxygen atoms in total. The average molecular weight is 276 g/mol. The highest BCUT2D eigenvalue weighted by molar-refractivity contribution is 5.94. The summed E-state index contributed by atoms with van der Waals surface area (Å²) in [5.41, 5.74) is 1.74. The Kier molecular flexibility index (Phi) is 4.30. The van der Waals surface area contributed by atoms with Gasteiger partial charge >= 0.3 is 0 Å². The van der Waals surface area contributed by atoms with Gasteiger partial charge in [0.2, 0.25) is 5.91 Å². The van der Waals surface area contributed by atoms with Crippen molar-refractivity contribution in [2.45, 2.75) is 6.92 Å². The molecule has 2 aromatic carbocycles. The standard InChI is InChI=1S/C15H14F2N2O/c1-10-4-2-3-5-13(10)19-15(20)9-18-14-7-6-11(16)8-12(14)17/h2-8,18H,9H2,1H3,(H,19,20). The van der Waals surface area contributed by atoms with Crippen LogP contribution in [-0.2, 0) is 4.79 Å². The van der Waals surface area contributed by atoms with Crippen molar-refractivity contribution >= 4 is 17.3 Å². The van der Waals surface area contributed by atoms with Gasteiger partial charge in [-0.2, -0.15) is 0 Å². The fourth-order valence-electron chi connectivity index (χ4n) is 1.72. The van der Waals surface area contributed by atoms with Crippen molar-refractivity contribution in [2.24, 2.45) is 0 Å². The van der Waals surface area contributed by atoms with E-state index in [9.17, 15) is 13.6 Å². The van der Waals surface area contributed by atoms with Gasteiger partial charge in [-0.1, -0.05) is 18.2 Å². The molecular weight excluding hydrogens is 262 g/mol. The summed E-state index contributed by atoms with van der Waals surface area (Å²) in [7, 11) is 0. The number of carbonyl (C=O) groups excluding carboxylic acids is 1. The van der Waals surface area contributed by atoms with E-state index in [2.05, 4.69) is 10.6 Å². The third-order valence-electron chi connectivity index (χ3n) is 2.79. The van der Waals surface area contributed by atoms with Gasteiger partial charge in [-0.3, -0.25) is 4.79 Å². The number of para-hydroxylation sites is 1. The van der Waals surface area contributed by atoms with Crippen LogP contribution in [0.25, 0.3) is 0 Å². The third-order valence-corrected chi connectivity index (χ3v) is 2.79. The van der Waals surface area contributed by atoms with Crippen molar-refractivity contribution in [3.8, 4) is 0 Å². The van der Waals surface area contributed by atoms with Gasteiger partial charge in [0.05, 0.1) is 12.2 Å². The number of carbonyl (C=O) groups is 1. The largest absolute Gasteiger partial charge is 0.374 e. The zero-order valence-electron chi connectivity index (χ0n) is 10.9. The fourth-order valence-corrected chi connectivity index (χ4v) is 1.72. The van der Waals surface area contributed by atoms with Crippen molar-refractivity contribution in [1.82, 2.24) is 0 Å². The summed E-state index contributed by atoms with van der Waals surface area (Å²) in [6.45, 7) is 1.78. The molecule has 0 aliphatic rings. The van der Waals surface area contributed by atoms with Gasteiger partial charge < -0.3 is 10.6 Å². The zero-order chi connectivity index (χ0) is 14.5. The van der Waals surface area contributed by atoms with Crippen LogP contribution in [0.3, 0.4) is 0 Å². The van der Waals surface area contributed by atoms with E-state index in [1.165, 1.54) is 6.07 Å². The molecule has 0 saturated carbocycles. The van der Waals surface area contributed by atoms with Gasteiger partial charge in [-0.25, -0.2) is 8.78 Å². The van der Waals surface area contributed by atoms with E-state index in [1.54, 1.807) is 6.07 Å². The number of nitrogens with one attached hydrogen (secondary N) is 2. The van der Waals surface area contributed by atoms with Crippen LogP contribution in [0.1, 0.15) is 5.56 Å². The van der Waals surface area contributed by atoms with Crippen LogP contribution < -0.4 is 10.6 Å². The monoisotopic (exact) mass is 276 g/mol. The van der Waals surface area contributed by atoms with E-state index in [4.69, 9.17) is 0 Å². The van der Waals surface area contributed by atoms with Crippen LogP contribution in [0.15, 0.2) is 42.5 Å². The lowest BCUT2D eigenvalue weighted by Crippen LogP contribution is -2.22. The van der Waals surface area contributed by atoms with Gasteiger partial charge in [0.1, 0.15) is 11.6 Å². The molecule has 0 aromatic heterocycles. The van der Waals surface area contributed by atoms with E-state index < -0.39 is 11.6 Å². The SMILES string of the molecule is Cc1ccccc1NC(=O)CNc1ccc(F)cc1F. The lowest BCUT2D eigenvalue weighted by molar-refractivity contribution is -0.114. The number of aryl methyl sites for hydroxylation is 1. The highest BCUT2D eigenvalue weighted by Crippen LogP contribution is 2.15. The van der Waals surface area contributed by atoms with Gasteiger partial charge in [0.15, 0.2) is 0 Å². The maximum Gasteiger partial charge on any atom is 0.243 e. The van der Waals surface area contributed by atoms with E-state index in [0.29, 0.717) is 5.69 Å². The lowest BCUT2D eigenvalue weighted by atomic mass is 10.2. The second-order valence-corrected chi connectivity index (χ2v) is 4.34. The van der Waals surface area contributed by atoms with Crippen molar-refractivity contribution in [1.29, 1.82) is 0 Å². The van der Waals surface area contributed by atoms with Crippen LogP contribution in [0, 0.1) is 18.6 Å². The Balaban J connectivity index is 1.94. The number of amides is 1. The van der Waals surface area contributed by atoms with Crippen LogP contribution in [0.4, 0.5) is 20.2 Å². The molecule has 0 spiro atoms. The zero-order valence-corrected chi connectivity index (χ0v) is 10.9. The Hall–Kier alpha value is -2.43. The molecule has 2 rings (SSSR count). The smallest absolute Gasteiger partial charge is 0.243 e. The Morgan fingerprint density at radius 3 is 2.55 bits per heavy atom. The fraction of sp³-hybridized carbons (Fsp3) is 0.133. The molecule has 0 unspecified atom stereocenters. The first kappa shape index (κ1) is 14.0. The summed E-state index contributed by atoms with van der Waals surface area (Å²) in [6, 6.07) is 10.5. The molecule has 20 heavy (non-hydrogen) atoms. The predicted octanol–water partition coefficient (Wildman–Crippen LogP) is 3.32. The summed E-state index contributed by atoms with van der Waals surface area (Å²) in [5.74, 6) is -1.69. The van der Waals surface area contributed by atoms with Crippen molar-refractivity contribution in [3.63, 3.8) is 0 Å². The molecule has 0 bridgehead atoms. The Morgan fingerprint density at radius 1 is 1.10 bits per heavy atom. The Morgan fingerprint density at radius 2 is 1.85 bits per heavy atom. The van der Waals surface area contributed by atoms with Crippen molar-refractivity contribution in [3.05, 3.63) is 59.7 Å². The van der Waals surface area contributed by atoms with Gasteiger partial charge in [0.25, 0.3) is 0 Å². The summed E-state index contributed by atoms with van der Waals surface area (Å²) >= 11 is 0. The number of hydrogen-bond acceptors (Lipinski definition) is 2. The van der Waals surface area contributed by atoms with Crippen molar-refractivity contribution < 1.29 is 13.6 Å². The maximum atomic E-state index is 13.4. The van der Waals surface area contributed by atoms with E-state index in [0.717, 1.165) is 17.7 Å². The molecule has 0 atom stereocenters. The molecule has 5 heteroatoms. The quantitative estimate of drug-likeness (QED) is 0.899. The number of rotatable bonds is 4. The van der Waals surface area contributed by atoms with E-state index in [-0.39, 0.29) is 18.1 Å². The highest BCUT2D eigenvalue weighted by Gasteiger charge is 2.07. The summed E-state index contributed by atoms with van der Waals surface area (Å²) < 4.78 is 26.1. The first-order valence-electron chi connectivity index (χ1n) is 6.10. The average Bonchev–Trinajstić information content (AvgIpc) is 2.40.